The van der Waals surface area contributed by atoms with Crippen molar-refractivity contribution in [1.82, 2.24) is 0 Å². The Morgan fingerprint density at radius 2 is 2.17 bits per heavy atom. The molecule has 1 aromatic rings. The summed E-state index contributed by atoms with van der Waals surface area (Å²) in [4.78, 5) is 0. The number of rotatable bonds is 3. The van der Waals surface area contributed by atoms with Crippen LogP contribution in [0.4, 0.5) is 0 Å². The standard InChI is InChI=1S/C16H25NO/c1-11(2)7-8-16(4)10-14(17)13-9-12(3)5-6-15(13)18-16/h5-6,9,11,14H,7-8,10,17H2,1-4H3. The lowest BCUT2D eigenvalue weighted by Gasteiger charge is -2.39. The summed E-state index contributed by atoms with van der Waals surface area (Å²) < 4.78 is 6.22. The van der Waals surface area contributed by atoms with Gasteiger partial charge in [0.15, 0.2) is 0 Å². The Morgan fingerprint density at radius 3 is 2.83 bits per heavy atom. The van der Waals surface area contributed by atoms with E-state index in [0.717, 1.165) is 24.2 Å². The highest BCUT2D eigenvalue weighted by Crippen LogP contribution is 2.41. The molecule has 0 aromatic heterocycles. The maximum absolute atomic E-state index is 6.32. The van der Waals surface area contributed by atoms with Gasteiger partial charge in [-0.1, -0.05) is 31.5 Å². The second-order valence-corrected chi connectivity index (χ2v) is 6.34. The summed E-state index contributed by atoms with van der Waals surface area (Å²) in [6.07, 6.45) is 3.17. The van der Waals surface area contributed by atoms with Crippen LogP contribution >= 0.6 is 0 Å². The predicted octanol–water partition coefficient (Wildman–Crippen LogP) is 3.97. The summed E-state index contributed by atoms with van der Waals surface area (Å²) in [5.74, 6) is 1.69. The molecule has 0 saturated heterocycles. The zero-order valence-corrected chi connectivity index (χ0v) is 12.0. The third-order valence-corrected chi connectivity index (χ3v) is 3.82. The third-order valence-electron chi connectivity index (χ3n) is 3.82. The van der Waals surface area contributed by atoms with Crippen molar-refractivity contribution < 1.29 is 4.74 Å². The van der Waals surface area contributed by atoms with E-state index in [0.29, 0.717) is 5.92 Å². The molecular formula is C16H25NO. The van der Waals surface area contributed by atoms with E-state index in [1.165, 1.54) is 12.0 Å². The van der Waals surface area contributed by atoms with Crippen molar-refractivity contribution in [2.24, 2.45) is 11.7 Å². The Balaban J connectivity index is 2.19. The van der Waals surface area contributed by atoms with E-state index in [1.54, 1.807) is 0 Å². The molecule has 0 aliphatic carbocycles. The molecule has 2 nitrogen and oxygen atoms in total. The average molecular weight is 247 g/mol. The van der Waals surface area contributed by atoms with Gasteiger partial charge in [0.1, 0.15) is 11.4 Å². The fraction of sp³-hybridized carbons (Fsp3) is 0.625. The van der Waals surface area contributed by atoms with E-state index < -0.39 is 0 Å². The van der Waals surface area contributed by atoms with Gasteiger partial charge in [0.05, 0.1) is 0 Å². The normalized spacial score (nSPS) is 26.9. The van der Waals surface area contributed by atoms with Crippen molar-refractivity contribution in [3.8, 4) is 5.75 Å². The Kier molecular flexibility index (Phi) is 3.67. The topological polar surface area (TPSA) is 35.2 Å². The van der Waals surface area contributed by atoms with Gasteiger partial charge < -0.3 is 10.5 Å². The maximum Gasteiger partial charge on any atom is 0.124 e. The van der Waals surface area contributed by atoms with Crippen molar-refractivity contribution in [3.05, 3.63) is 29.3 Å². The molecule has 100 valence electrons. The van der Waals surface area contributed by atoms with Crippen LogP contribution in [0, 0.1) is 12.8 Å². The average Bonchev–Trinajstić information content (AvgIpc) is 2.28. The molecule has 1 heterocycles. The van der Waals surface area contributed by atoms with Crippen molar-refractivity contribution in [2.45, 2.75) is 58.6 Å². The van der Waals surface area contributed by atoms with E-state index >= 15 is 0 Å². The largest absolute Gasteiger partial charge is 0.487 e. The molecule has 1 aliphatic heterocycles. The molecule has 18 heavy (non-hydrogen) atoms. The molecule has 0 spiro atoms. The van der Waals surface area contributed by atoms with E-state index in [1.807, 2.05) is 0 Å². The Bertz CT molecular complexity index is 427. The molecule has 0 radical (unpaired) electrons. The number of hydrogen-bond acceptors (Lipinski definition) is 2. The fourth-order valence-corrected chi connectivity index (χ4v) is 2.68. The summed E-state index contributed by atoms with van der Waals surface area (Å²) in [7, 11) is 0. The lowest BCUT2D eigenvalue weighted by molar-refractivity contribution is 0.0404. The van der Waals surface area contributed by atoms with Crippen LogP contribution in [-0.4, -0.2) is 5.60 Å². The van der Waals surface area contributed by atoms with Crippen LogP contribution in [0.15, 0.2) is 18.2 Å². The smallest absolute Gasteiger partial charge is 0.124 e. The van der Waals surface area contributed by atoms with E-state index in [4.69, 9.17) is 10.5 Å². The molecule has 0 amide bonds. The molecule has 2 unspecified atom stereocenters. The van der Waals surface area contributed by atoms with E-state index in [-0.39, 0.29) is 11.6 Å². The molecule has 1 aromatic carbocycles. The number of aryl methyl sites for hydroxylation is 1. The maximum atomic E-state index is 6.32. The SMILES string of the molecule is Cc1ccc2c(c1)C(N)CC(C)(CCC(C)C)O2. The zero-order chi connectivity index (χ0) is 13.3. The molecule has 2 rings (SSSR count). The van der Waals surface area contributed by atoms with Gasteiger partial charge in [-0.3, -0.25) is 0 Å². The van der Waals surface area contributed by atoms with Crippen molar-refractivity contribution in [3.63, 3.8) is 0 Å². The van der Waals surface area contributed by atoms with Crippen molar-refractivity contribution in [2.75, 3.05) is 0 Å². The van der Waals surface area contributed by atoms with Crippen LogP contribution in [0.3, 0.4) is 0 Å². The molecule has 0 fully saturated rings. The van der Waals surface area contributed by atoms with Gasteiger partial charge in [0.2, 0.25) is 0 Å². The Morgan fingerprint density at radius 1 is 1.44 bits per heavy atom. The minimum atomic E-state index is -0.105. The first-order chi connectivity index (χ1) is 8.39. The molecule has 0 bridgehead atoms. The highest BCUT2D eigenvalue weighted by Gasteiger charge is 2.35. The minimum Gasteiger partial charge on any atom is -0.487 e. The van der Waals surface area contributed by atoms with Crippen molar-refractivity contribution >= 4 is 0 Å². The third kappa shape index (κ3) is 2.86. The van der Waals surface area contributed by atoms with Gasteiger partial charge in [0.25, 0.3) is 0 Å². The van der Waals surface area contributed by atoms with Crippen LogP contribution in [0.25, 0.3) is 0 Å². The summed E-state index contributed by atoms with van der Waals surface area (Å²) >= 11 is 0. The second kappa shape index (κ2) is 4.93. The van der Waals surface area contributed by atoms with Crippen LogP contribution in [-0.2, 0) is 0 Å². The number of fused-ring (bicyclic) bond motifs is 1. The lowest BCUT2D eigenvalue weighted by Crippen LogP contribution is -2.40. The quantitative estimate of drug-likeness (QED) is 0.877. The second-order valence-electron chi connectivity index (χ2n) is 6.34. The van der Waals surface area contributed by atoms with Crippen LogP contribution < -0.4 is 10.5 Å². The van der Waals surface area contributed by atoms with Gasteiger partial charge in [-0.2, -0.15) is 0 Å². The van der Waals surface area contributed by atoms with Crippen molar-refractivity contribution in [1.29, 1.82) is 0 Å². The first kappa shape index (κ1) is 13.4. The van der Waals surface area contributed by atoms with E-state index in [2.05, 4.69) is 45.9 Å². The molecule has 2 heteroatoms. The van der Waals surface area contributed by atoms with Gasteiger partial charge in [0, 0.05) is 18.0 Å². The lowest BCUT2D eigenvalue weighted by atomic mass is 9.84. The van der Waals surface area contributed by atoms with Gasteiger partial charge >= 0.3 is 0 Å². The molecule has 0 saturated carbocycles. The fourth-order valence-electron chi connectivity index (χ4n) is 2.68. The first-order valence-corrected chi connectivity index (χ1v) is 6.95. The van der Waals surface area contributed by atoms with E-state index in [9.17, 15) is 0 Å². The highest BCUT2D eigenvalue weighted by molar-refractivity contribution is 5.41. The summed E-state index contributed by atoms with van der Waals surface area (Å²) in [6.45, 7) is 8.80. The Labute approximate surface area is 111 Å². The number of benzene rings is 1. The van der Waals surface area contributed by atoms with Crippen LogP contribution in [0.2, 0.25) is 0 Å². The number of nitrogens with two attached hydrogens (primary N) is 1. The Hall–Kier alpha value is -1.02. The van der Waals surface area contributed by atoms with Crippen LogP contribution in [0.1, 0.15) is 57.2 Å². The van der Waals surface area contributed by atoms with Gasteiger partial charge in [-0.15, -0.1) is 0 Å². The summed E-state index contributed by atoms with van der Waals surface area (Å²) in [5, 5.41) is 0. The zero-order valence-electron chi connectivity index (χ0n) is 12.0. The van der Waals surface area contributed by atoms with Crippen LogP contribution in [0.5, 0.6) is 5.75 Å². The molecule has 1 aliphatic rings. The molecular weight excluding hydrogens is 222 g/mol. The predicted molar refractivity (Wildman–Crippen MR) is 75.8 cm³/mol. The van der Waals surface area contributed by atoms with Gasteiger partial charge in [-0.05, 0) is 38.7 Å². The molecule has 2 N–H and O–H groups in total. The number of ether oxygens (including phenoxy) is 1. The number of hydrogen-bond donors (Lipinski definition) is 1. The van der Waals surface area contributed by atoms with Gasteiger partial charge in [-0.25, -0.2) is 0 Å². The molecule has 2 atom stereocenters. The first-order valence-electron chi connectivity index (χ1n) is 6.95. The summed E-state index contributed by atoms with van der Waals surface area (Å²) in [5.41, 5.74) is 8.62. The highest BCUT2D eigenvalue weighted by atomic mass is 16.5. The monoisotopic (exact) mass is 247 g/mol. The minimum absolute atomic E-state index is 0.103. The summed E-state index contributed by atoms with van der Waals surface area (Å²) in [6, 6.07) is 6.42.